The topological polar surface area (TPSA) is 71.7 Å². The van der Waals surface area contributed by atoms with Gasteiger partial charge in [-0.2, -0.15) is 9.98 Å². The Balaban J connectivity index is 1.52. The molecule has 25 heavy (non-hydrogen) atoms. The van der Waals surface area contributed by atoms with Gasteiger partial charge in [0.25, 0.3) is 5.96 Å². The third-order valence-corrected chi connectivity index (χ3v) is 5.15. The number of pyridine rings is 1. The number of likely N-dealkylation sites (tertiary alicyclic amines) is 2. The Hall–Kier alpha value is -2.64. The highest BCUT2D eigenvalue weighted by Gasteiger charge is 2.39. The molecule has 0 aliphatic carbocycles. The molecular weight excluding hydrogens is 316 g/mol. The van der Waals surface area contributed by atoms with Crippen molar-refractivity contribution in [2.24, 2.45) is 15.1 Å². The first-order valence-electron chi connectivity index (χ1n) is 9.10. The van der Waals surface area contributed by atoms with Crippen molar-refractivity contribution in [3.8, 4) is 0 Å². The monoisotopic (exact) mass is 338 g/mol. The van der Waals surface area contributed by atoms with E-state index in [0.717, 1.165) is 43.7 Å². The maximum Gasteiger partial charge on any atom is 0.254 e. The van der Waals surface area contributed by atoms with Crippen LogP contribution >= 0.6 is 0 Å². The molecule has 2 fully saturated rings. The normalized spacial score (nSPS) is 25.5. The zero-order valence-electron chi connectivity index (χ0n) is 14.2. The largest absolute Gasteiger partial charge is 0.342 e. The van der Waals surface area contributed by atoms with Crippen LogP contribution in [0.5, 0.6) is 0 Å². The molecule has 0 bridgehead atoms. The Labute approximate surface area is 146 Å². The number of hydrogen-bond acceptors (Lipinski definition) is 8. The molecule has 4 aliphatic rings. The van der Waals surface area contributed by atoms with Crippen molar-refractivity contribution < 1.29 is 0 Å². The van der Waals surface area contributed by atoms with Crippen molar-refractivity contribution in [2.75, 3.05) is 26.2 Å². The van der Waals surface area contributed by atoms with Gasteiger partial charge in [-0.3, -0.25) is 15.3 Å². The molecule has 0 amide bonds. The molecule has 0 aromatic carbocycles. The quantitative estimate of drug-likeness (QED) is 0.832. The van der Waals surface area contributed by atoms with Crippen LogP contribution in [0.3, 0.4) is 0 Å². The summed E-state index contributed by atoms with van der Waals surface area (Å²) >= 11 is 0. The van der Waals surface area contributed by atoms with Gasteiger partial charge in [-0.25, -0.2) is 0 Å². The standard InChI is InChI=1S/C17H22N8/c1-2-9-23(8-1)15-19-16-22-21-14(13-6-5-7-18-12-13)25(16)17(20-15)24-10-3-4-11-24/h5-7,12,14,21H,1-4,8-11H2. The first kappa shape index (κ1) is 14.7. The van der Waals surface area contributed by atoms with E-state index in [1.165, 1.54) is 25.7 Å². The predicted octanol–water partition coefficient (Wildman–Crippen LogP) is 1.17. The maximum atomic E-state index is 4.97. The first-order chi connectivity index (χ1) is 12.4. The number of aromatic nitrogens is 1. The molecule has 1 atom stereocenters. The summed E-state index contributed by atoms with van der Waals surface area (Å²) in [4.78, 5) is 20.7. The molecule has 2 saturated heterocycles. The molecule has 0 saturated carbocycles. The van der Waals surface area contributed by atoms with Crippen molar-refractivity contribution in [3.05, 3.63) is 30.1 Å². The van der Waals surface area contributed by atoms with E-state index in [1.807, 2.05) is 12.3 Å². The molecule has 1 N–H and O–H groups in total. The minimum atomic E-state index is -0.105. The van der Waals surface area contributed by atoms with Crippen LogP contribution in [0.1, 0.15) is 37.4 Å². The van der Waals surface area contributed by atoms with Crippen LogP contribution in [0.25, 0.3) is 0 Å². The summed E-state index contributed by atoms with van der Waals surface area (Å²) in [5.74, 6) is 2.47. The van der Waals surface area contributed by atoms with Gasteiger partial charge in [-0.05, 0) is 31.7 Å². The predicted molar refractivity (Wildman–Crippen MR) is 95.9 cm³/mol. The lowest BCUT2D eigenvalue weighted by Crippen LogP contribution is -2.50. The minimum Gasteiger partial charge on any atom is -0.342 e. The molecule has 8 nitrogen and oxygen atoms in total. The third-order valence-electron chi connectivity index (χ3n) is 5.15. The zero-order valence-corrected chi connectivity index (χ0v) is 14.2. The number of rotatable bonds is 1. The molecule has 0 spiro atoms. The highest BCUT2D eigenvalue weighted by Crippen LogP contribution is 2.28. The zero-order chi connectivity index (χ0) is 16.6. The van der Waals surface area contributed by atoms with Crippen molar-refractivity contribution in [3.63, 3.8) is 0 Å². The van der Waals surface area contributed by atoms with Gasteiger partial charge >= 0.3 is 0 Å². The van der Waals surface area contributed by atoms with E-state index < -0.39 is 0 Å². The number of guanidine groups is 3. The van der Waals surface area contributed by atoms with E-state index in [2.05, 4.69) is 36.3 Å². The molecule has 5 heterocycles. The fourth-order valence-electron chi connectivity index (χ4n) is 3.85. The van der Waals surface area contributed by atoms with Gasteiger partial charge in [0, 0.05) is 44.1 Å². The fraction of sp³-hybridized carbons (Fsp3) is 0.529. The van der Waals surface area contributed by atoms with Crippen molar-refractivity contribution in [2.45, 2.75) is 31.8 Å². The Bertz CT molecular complexity index is 728. The molecule has 5 rings (SSSR count). The molecule has 1 aromatic rings. The Morgan fingerprint density at radius 1 is 0.920 bits per heavy atom. The second-order valence-corrected chi connectivity index (χ2v) is 6.81. The van der Waals surface area contributed by atoms with E-state index in [-0.39, 0.29) is 6.17 Å². The van der Waals surface area contributed by atoms with Crippen LogP contribution in [-0.4, -0.2) is 63.7 Å². The van der Waals surface area contributed by atoms with Crippen LogP contribution in [0.4, 0.5) is 0 Å². The Morgan fingerprint density at radius 2 is 1.68 bits per heavy atom. The van der Waals surface area contributed by atoms with Gasteiger partial charge in [0.15, 0.2) is 6.17 Å². The summed E-state index contributed by atoms with van der Waals surface area (Å²) in [5, 5.41) is 4.50. The molecule has 1 unspecified atom stereocenters. The third kappa shape index (κ3) is 2.52. The lowest BCUT2D eigenvalue weighted by Gasteiger charge is -2.35. The summed E-state index contributed by atoms with van der Waals surface area (Å²) in [7, 11) is 0. The smallest absolute Gasteiger partial charge is 0.254 e. The fourth-order valence-corrected chi connectivity index (χ4v) is 3.85. The number of fused-ring (bicyclic) bond motifs is 1. The molecular formula is C17H22N8. The highest BCUT2D eigenvalue weighted by molar-refractivity contribution is 6.12. The average molecular weight is 338 g/mol. The van der Waals surface area contributed by atoms with Crippen LogP contribution in [-0.2, 0) is 0 Å². The SMILES string of the molecule is c1cncc(C2NN=C3N=C(N4CCCC4)N=C(N4CCCC4)N32)c1. The van der Waals surface area contributed by atoms with Gasteiger partial charge in [0.05, 0.1) is 0 Å². The second-order valence-electron chi connectivity index (χ2n) is 6.81. The summed E-state index contributed by atoms with van der Waals surface area (Å²) in [6.07, 6.45) is 8.39. The minimum absolute atomic E-state index is 0.105. The summed E-state index contributed by atoms with van der Waals surface area (Å²) in [6, 6.07) is 4.01. The number of nitrogens with one attached hydrogen (secondary N) is 1. The van der Waals surface area contributed by atoms with Gasteiger partial charge in [0.1, 0.15) is 0 Å². The maximum absolute atomic E-state index is 4.97. The van der Waals surface area contributed by atoms with Gasteiger partial charge in [-0.15, -0.1) is 5.10 Å². The number of nitrogens with zero attached hydrogens (tertiary/aromatic N) is 7. The highest BCUT2D eigenvalue weighted by atomic mass is 15.6. The van der Waals surface area contributed by atoms with Crippen molar-refractivity contribution in [1.82, 2.24) is 25.1 Å². The van der Waals surface area contributed by atoms with Crippen LogP contribution in [0.15, 0.2) is 39.6 Å². The van der Waals surface area contributed by atoms with E-state index in [4.69, 9.17) is 9.98 Å². The first-order valence-corrected chi connectivity index (χ1v) is 9.10. The van der Waals surface area contributed by atoms with Crippen molar-refractivity contribution in [1.29, 1.82) is 0 Å². The summed E-state index contributed by atoms with van der Waals surface area (Å²) in [5.41, 5.74) is 4.28. The molecule has 130 valence electrons. The Morgan fingerprint density at radius 3 is 2.40 bits per heavy atom. The summed E-state index contributed by atoms with van der Waals surface area (Å²) in [6.45, 7) is 4.13. The van der Waals surface area contributed by atoms with E-state index in [9.17, 15) is 0 Å². The van der Waals surface area contributed by atoms with Crippen LogP contribution in [0, 0.1) is 0 Å². The lowest BCUT2D eigenvalue weighted by molar-refractivity contribution is 0.355. The molecule has 1 aromatic heterocycles. The average Bonchev–Trinajstić information content (AvgIpc) is 3.42. The summed E-state index contributed by atoms with van der Waals surface area (Å²) < 4.78 is 0. The van der Waals surface area contributed by atoms with E-state index in [1.54, 1.807) is 6.20 Å². The van der Waals surface area contributed by atoms with E-state index >= 15 is 0 Å². The van der Waals surface area contributed by atoms with Crippen LogP contribution in [0.2, 0.25) is 0 Å². The van der Waals surface area contributed by atoms with E-state index in [0.29, 0.717) is 5.96 Å². The lowest BCUT2D eigenvalue weighted by atomic mass is 10.2. The van der Waals surface area contributed by atoms with Crippen LogP contribution < -0.4 is 5.43 Å². The molecule has 8 heteroatoms. The van der Waals surface area contributed by atoms with Crippen molar-refractivity contribution >= 4 is 17.9 Å². The van der Waals surface area contributed by atoms with Gasteiger partial charge < -0.3 is 9.80 Å². The van der Waals surface area contributed by atoms with Gasteiger partial charge in [0.2, 0.25) is 11.9 Å². The van der Waals surface area contributed by atoms with Gasteiger partial charge in [-0.1, -0.05) is 6.07 Å². The number of aliphatic imine (C=N–C) groups is 2. The molecule has 0 radical (unpaired) electrons. The second kappa shape index (κ2) is 6.02. The number of hydrogen-bond donors (Lipinski definition) is 1. The Kier molecular flexibility index (Phi) is 3.53. The number of hydrazone groups is 1. The molecule has 4 aliphatic heterocycles.